The van der Waals surface area contributed by atoms with Gasteiger partial charge in [-0.15, -0.1) is 0 Å². The summed E-state index contributed by atoms with van der Waals surface area (Å²) in [6, 6.07) is 19.5. The standard InChI is InChI=1S/C16H20NO3P/c1-19-21(18,20-2)16(15-11-7-4-8-12-15)17-13-14-9-5-3-6-10-14/h3-12,16-17H,13H2,1-2H3. The van der Waals surface area contributed by atoms with E-state index in [0.29, 0.717) is 6.54 Å². The van der Waals surface area contributed by atoms with Crippen molar-refractivity contribution < 1.29 is 13.6 Å². The van der Waals surface area contributed by atoms with Crippen LogP contribution in [-0.4, -0.2) is 14.2 Å². The first kappa shape index (κ1) is 15.9. The van der Waals surface area contributed by atoms with E-state index in [1.807, 2.05) is 60.7 Å². The maximum absolute atomic E-state index is 12.8. The van der Waals surface area contributed by atoms with Crippen LogP contribution in [0.3, 0.4) is 0 Å². The predicted molar refractivity (Wildman–Crippen MR) is 84.1 cm³/mol. The fourth-order valence-electron chi connectivity index (χ4n) is 2.14. The zero-order chi connectivity index (χ0) is 15.1. The van der Waals surface area contributed by atoms with Gasteiger partial charge in [-0.25, -0.2) is 0 Å². The van der Waals surface area contributed by atoms with Crippen LogP contribution >= 0.6 is 7.60 Å². The van der Waals surface area contributed by atoms with Crippen LogP contribution in [0.4, 0.5) is 0 Å². The van der Waals surface area contributed by atoms with Gasteiger partial charge in [-0.3, -0.25) is 9.88 Å². The molecule has 4 nitrogen and oxygen atoms in total. The highest BCUT2D eigenvalue weighted by molar-refractivity contribution is 7.54. The van der Waals surface area contributed by atoms with E-state index in [2.05, 4.69) is 5.32 Å². The van der Waals surface area contributed by atoms with Gasteiger partial charge < -0.3 is 9.05 Å². The highest BCUT2D eigenvalue weighted by atomic mass is 31.2. The van der Waals surface area contributed by atoms with Gasteiger partial charge in [-0.2, -0.15) is 0 Å². The largest absolute Gasteiger partial charge is 0.351 e. The van der Waals surface area contributed by atoms with Crippen molar-refractivity contribution in [2.75, 3.05) is 14.2 Å². The number of hydrogen-bond acceptors (Lipinski definition) is 4. The van der Waals surface area contributed by atoms with Crippen molar-refractivity contribution in [1.82, 2.24) is 5.32 Å². The summed E-state index contributed by atoms with van der Waals surface area (Å²) in [7, 11) is -0.447. The first-order chi connectivity index (χ1) is 10.2. The molecule has 0 amide bonds. The van der Waals surface area contributed by atoms with Crippen LogP contribution in [0.25, 0.3) is 0 Å². The molecular formula is C16H20NO3P. The molecule has 2 aromatic rings. The molecule has 5 heteroatoms. The number of rotatable bonds is 7. The Bertz CT molecular complexity index is 581. The quantitative estimate of drug-likeness (QED) is 0.787. The van der Waals surface area contributed by atoms with Crippen LogP contribution < -0.4 is 5.32 Å². The fourth-order valence-corrected chi connectivity index (χ4v) is 3.57. The second-order valence-corrected chi connectivity index (χ2v) is 6.91. The highest BCUT2D eigenvalue weighted by Crippen LogP contribution is 2.58. The number of benzene rings is 2. The maximum Gasteiger partial charge on any atom is 0.351 e. The molecule has 0 aliphatic rings. The Hall–Kier alpha value is -1.45. The number of nitrogens with one attached hydrogen (secondary N) is 1. The van der Waals surface area contributed by atoms with Crippen molar-refractivity contribution in [3.05, 3.63) is 71.8 Å². The van der Waals surface area contributed by atoms with Gasteiger partial charge >= 0.3 is 7.60 Å². The molecule has 0 aliphatic heterocycles. The summed E-state index contributed by atoms with van der Waals surface area (Å²) in [4.78, 5) is 0. The average Bonchev–Trinajstić information content (AvgIpc) is 2.56. The lowest BCUT2D eigenvalue weighted by molar-refractivity contribution is 0.259. The lowest BCUT2D eigenvalue weighted by atomic mass is 10.2. The van der Waals surface area contributed by atoms with Gasteiger partial charge in [0.15, 0.2) is 0 Å². The third-order valence-electron chi connectivity index (χ3n) is 3.28. The second-order valence-electron chi connectivity index (χ2n) is 4.58. The molecule has 2 rings (SSSR count). The van der Waals surface area contributed by atoms with Crippen molar-refractivity contribution in [1.29, 1.82) is 0 Å². The molecule has 2 aromatic carbocycles. The van der Waals surface area contributed by atoms with Crippen LogP contribution in [0.1, 0.15) is 16.9 Å². The Morgan fingerprint density at radius 1 is 0.952 bits per heavy atom. The van der Waals surface area contributed by atoms with Crippen LogP contribution in [-0.2, 0) is 20.2 Å². The molecule has 0 spiro atoms. The Labute approximate surface area is 125 Å². The van der Waals surface area contributed by atoms with E-state index in [-0.39, 0.29) is 0 Å². The molecule has 1 atom stereocenters. The molecule has 0 saturated heterocycles. The van der Waals surface area contributed by atoms with Gasteiger partial charge in [-0.1, -0.05) is 60.7 Å². The van der Waals surface area contributed by atoms with E-state index in [9.17, 15) is 4.57 Å². The molecule has 0 aliphatic carbocycles. The molecule has 0 radical (unpaired) electrons. The third-order valence-corrected chi connectivity index (χ3v) is 5.41. The van der Waals surface area contributed by atoms with Crippen molar-refractivity contribution in [3.8, 4) is 0 Å². The summed E-state index contributed by atoms with van der Waals surface area (Å²) in [5, 5.41) is 3.28. The molecule has 1 unspecified atom stereocenters. The first-order valence-electron chi connectivity index (χ1n) is 6.73. The first-order valence-corrected chi connectivity index (χ1v) is 8.34. The van der Waals surface area contributed by atoms with Gasteiger partial charge in [0, 0.05) is 20.8 Å². The average molecular weight is 305 g/mol. The maximum atomic E-state index is 12.8. The van der Waals surface area contributed by atoms with Gasteiger partial charge in [0.2, 0.25) is 0 Å². The van der Waals surface area contributed by atoms with Crippen molar-refractivity contribution in [3.63, 3.8) is 0 Å². The van der Waals surface area contributed by atoms with E-state index in [1.165, 1.54) is 14.2 Å². The molecule has 0 fully saturated rings. The molecular weight excluding hydrogens is 285 g/mol. The predicted octanol–water partition coefficient (Wildman–Crippen LogP) is 3.96. The van der Waals surface area contributed by atoms with Crippen molar-refractivity contribution in [2.45, 2.75) is 12.3 Å². The van der Waals surface area contributed by atoms with E-state index >= 15 is 0 Å². The Balaban J connectivity index is 2.22. The summed E-state index contributed by atoms with van der Waals surface area (Å²) >= 11 is 0. The SMILES string of the molecule is COP(=O)(OC)C(NCc1ccccc1)c1ccccc1. The normalized spacial score (nSPS) is 13.0. The van der Waals surface area contributed by atoms with Crippen LogP contribution in [0.2, 0.25) is 0 Å². The van der Waals surface area contributed by atoms with Gasteiger partial charge in [0.1, 0.15) is 5.78 Å². The second kappa shape index (κ2) is 7.53. The zero-order valence-corrected chi connectivity index (χ0v) is 13.1. The van der Waals surface area contributed by atoms with Gasteiger partial charge in [0.25, 0.3) is 0 Å². The summed E-state index contributed by atoms with van der Waals surface area (Å²) in [5.41, 5.74) is 1.98. The summed E-state index contributed by atoms with van der Waals surface area (Å²) in [6.45, 7) is 0.580. The molecule has 0 aromatic heterocycles. The van der Waals surface area contributed by atoms with Gasteiger partial charge in [-0.05, 0) is 11.1 Å². The summed E-state index contributed by atoms with van der Waals surface area (Å²) in [6.07, 6.45) is 0. The molecule has 0 saturated carbocycles. The Morgan fingerprint density at radius 2 is 1.48 bits per heavy atom. The van der Waals surface area contributed by atoms with Gasteiger partial charge in [0.05, 0.1) is 0 Å². The molecule has 112 valence electrons. The highest BCUT2D eigenvalue weighted by Gasteiger charge is 2.34. The minimum Gasteiger partial charge on any atom is -0.311 e. The van der Waals surface area contributed by atoms with Crippen molar-refractivity contribution >= 4 is 7.60 Å². The molecule has 0 bridgehead atoms. The van der Waals surface area contributed by atoms with E-state index in [4.69, 9.17) is 9.05 Å². The third kappa shape index (κ3) is 4.02. The minimum absolute atomic E-state index is 0.506. The van der Waals surface area contributed by atoms with Crippen LogP contribution in [0, 0.1) is 0 Å². The Morgan fingerprint density at radius 3 is 2.00 bits per heavy atom. The minimum atomic E-state index is -3.26. The smallest absolute Gasteiger partial charge is 0.311 e. The molecule has 1 N–H and O–H groups in total. The molecule has 0 heterocycles. The molecule has 21 heavy (non-hydrogen) atoms. The lowest BCUT2D eigenvalue weighted by Gasteiger charge is -2.25. The fraction of sp³-hybridized carbons (Fsp3) is 0.250. The van der Waals surface area contributed by atoms with E-state index in [1.54, 1.807) is 0 Å². The monoisotopic (exact) mass is 305 g/mol. The Kier molecular flexibility index (Phi) is 5.71. The van der Waals surface area contributed by atoms with E-state index < -0.39 is 13.4 Å². The van der Waals surface area contributed by atoms with E-state index in [0.717, 1.165) is 11.1 Å². The summed E-state index contributed by atoms with van der Waals surface area (Å²) < 4.78 is 23.1. The topological polar surface area (TPSA) is 47.6 Å². The van der Waals surface area contributed by atoms with Crippen molar-refractivity contribution in [2.24, 2.45) is 0 Å². The summed E-state index contributed by atoms with van der Waals surface area (Å²) in [5.74, 6) is -0.506. The lowest BCUT2D eigenvalue weighted by Crippen LogP contribution is -2.22. The van der Waals surface area contributed by atoms with Crippen LogP contribution in [0.5, 0.6) is 0 Å². The zero-order valence-electron chi connectivity index (χ0n) is 12.2. The van der Waals surface area contributed by atoms with Crippen LogP contribution in [0.15, 0.2) is 60.7 Å². The number of hydrogen-bond donors (Lipinski definition) is 1.